The van der Waals surface area contributed by atoms with Gasteiger partial charge in [0.2, 0.25) is 0 Å². The number of carboxylic acid groups (broad SMARTS) is 1. The fourth-order valence-corrected chi connectivity index (χ4v) is 4.31. The van der Waals surface area contributed by atoms with Crippen LogP contribution in [0.15, 0.2) is 29.3 Å². The van der Waals surface area contributed by atoms with Crippen LogP contribution in [0.1, 0.15) is 30.4 Å². The van der Waals surface area contributed by atoms with Crippen molar-refractivity contribution in [2.45, 2.75) is 31.6 Å². The number of benzene rings is 2. The second-order valence-corrected chi connectivity index (χ2v) is 7.75. The van der Waals surface area contributed by atoms with Crippen LogP contribution in [0.4, 0.5) is 11.4 Å². The van der Waals surface area contributed by atoms with Crippen LogP contribution < -0.4 is 4.74 Å². The third-order valence-electron chi connectivity index (χ3n) is 5.31. The molecule has 0 atom stereocenters. The number of nitro benzene ring substituents is 1. The van der Waals surface area contributed by atoms with Gasteiger partial charge in [-0.25, -0.2) is 9.79 Å². The molecule has 9 heteroatoms. The number of carbonyl (C=O) groups is 1. The summed E-state index contributed by atoms with van der Waals surface area (Å²) in [4.78, 5) is 26.4. The first kappa shape index (κ1) is 18.7. The Labute approximate surface area is 169 Å². The van der Waals surface area contributed by atoms with Crippen LogP contribution in [0, 0.1) is 17.0 Å². The lowest BCUT2D eigenvalue weighted by atomic mass is 9.62. The zero-order chi connectivity index (χ0) is 20.2. The molecule has 0 saturated heterocycles. The smallest absolute Gasteiger partial charge is 0.351 e. The van der Waals surface area contributed by atoms with Crippen molar-refractivity contribution >= 4 is 46.3 Å². The lowest BCUT2D eigenvalue weighted by Crippen LogP contribution is -2.43. The van der Waals surface area contributed by atoms with E-state index < -0.39 is 16.3 Å². The molecule has 0 unspecified atom stereocenters. The third kappa shape index (κ3) is 2.73. The normalized spacial score (nSPS) is 16.3. The first-order valence-corrected chi connectivity index (χ1v) is 9.27. The van der Waals surface area contributed by atoms with E-state index in [9.17, 15) is 20.0 Å². The Bertz CT molecular complexity index is 1050. The van der Waals surface area contributed by atoms with Gasteiger partial charge in [0.05, 0.1) is 20.7 Å². The van der Waals surface area contributed by atoms with Crippen LogP contribution >= 0.6 is 23.2 Å². The quantitative estimate of drug-likeness (QED) is 0.512. The van der Waals surface area contributed by atoms with E-state index in [1.807, 2.05) is 0 Å². The molecule has 2 aromatic rings. The highest BCUT2D eigenvalue weighted by Gasteiger charge is 2.51. The number of hydrogen-bond donors (Lipinski definition) is 1. The molecule has 0 radical (unpaired) electrons. The van der Waals surface area contributed by atoms with E-state index in [4.69, 9.17) is 27.9 Å². The summed E-state index contributed by atoms with van der Waals surface area (Å²) in [5.41, 5.74) is 1.50. The van der Waals surface area contributed by atoms with Crippen LogP contribution in [-0.4, -0.2) is 21.7 Å². The molecule has 1 aliphatic carbocycles. The minimum absolute atomic E-state index is 0.0138. The number of halogens is 2. The molecule has 0 amide bonds. The predicted octanol–water partition coefficient (Wildman–Crippen LogP) is 5.59. The van der Waals surface area contributed by atoms with Crippen LogP contribution in [0.5, 0.6) is 11.5 Å². The Morgan fingerprint density at radius 1 is 1.25 bits per heavy atom. The Morgan fingerprint density at radius 2 is 1.89 bits per heavy atom. The van der Waals surface area contributed by atoms with E-state index >= 15 is 0 Å². The summed E-state index contributed by atoms with van der Waals surface area (Å²) in [7, 11) is 0. The molecule has 1 heterocycles. The molecule has 1 fully saturated rings. The van der Waals surface area contributed by atoms with Crippen molar-refractivity contribution in [3.63, 3.8) is 0 Å². The van der Waals surface area contributed by atoms with E-state index in [1.165, 1.54) is 12.1 Å². The van der Waals surface area contributed by atoms with Gasteiger partial charge in [-0.3, -0.25) is 10.1 Å². The maximum Gasteiger partial charge on any atom is 0.351 e. The standard InChI is InChI=1S/C19H14Cl2N2O5/c1-9-5-14-11(19(3-2-4-19)17(22-14)18(24)25)8-15(9)28-16-12(20)6-10(23(26)27)7-13(16)21/h5-8H,2-4H2,1H3,(H,24,25). The van der Waals surface area contributed by atoms with Crippen molar-refractivity contribution in [3.05, 3.63) is 55.6 Å². The molecule has 4 rings (SSSR count). The van der Waals surface area contributed by atoms with E-state index in [0.29, 0.717) is 29.8 Å². The van der Waals surface area contributed by atoms with Gasteiger partial charge in [-0.05, 0) is 43.0 Å². The molecule has 1 N–H and O–H groups in total. The number of carboxylic acids is 1. The molecule has 7 nitrogen and oxygen atoms in total. The average Bonchev–Trinajstić information content (AvgIpc) is 2.92. The number of aliphatic imine (C=N–C) groups is 1. The van der Waals surface area contributed by atoms with Crippen LogP contribution in [-0.2, 0) is 10.2 Å². The molecule has 2 aromatic carbocycles. The number of hydrogen-bond acceptors (Lipinski definition) is 5. The highest BCUT2D eigenvalue weighted by molar-refractivity contribution is 6.41. The van der Waals surface area contributed by atoms with Gasteiger partial charge in [0.15, 0.2) is 5.75 Å². The molecular formula is C19H14Cl2N2O5. The van der Waals surface area contributed by atoms with Gasteiger partial charge in [-0.2, -0.15) is 0 Å². The second kappa shape index (κ2) is 6.46. The number of fused-ring (bicyclic) bond motifs is 2. The van der Waals surface area contributed by atoms with Crippen molar-refractivity contribution in [1.82, 2.24) is 0 Å². The van der Waals surface area contributed by atoms with Crippen LogP contribution in [0.3, 0.4) is 0 Å². The first-order chi connectivity index (χ1) is 13.2. The summed E-state index contributed by atoms with van der Waals surface area (Å²) < 4.78 is 5.90. The summed E-state index contributed by atoms with van der Waals surface area (Å²) in [6.45, 7) is 1.80. The second-order valence-electron chi connectivity index (χ2n) is 6.93. The van der Waals surface area contributed by atoms with Crippen molar-refractivity contribution in [2.24, 2.45) is 4.99 Å². The van der Waals surface area contributed by atoms with Crippen molar-refractivity contribution < 1.29 is 19.6 Å². The summed E-state index contributed by atoms with van der Waals surface area (Å²) >= 11 is 12.3. The first-order valence-electron chi connectivity index (χ1n) is 8.52. The molecule has 1 saturated carbocycles. The summed E-state index contributed by atoms with van der Waals surface area (Å²) in [5, 5.41) is 20.5. The van der Waals surface area contributed by atoms with Gasteiger partial charge >= 0.3 is 5.97 Å². The predicted molar refractivity (Wildman–Crippen MR) is 105 cm³/mol. The number of aryl methyl sites for hydroxylation is 1. The fraction of sp³-hybridized carbons (Fsp3) is 0.263. The van der Waals surface area contributed by atoms with Crippen molar-refractivity contribution in [1.29, 1.82) is 0 Å². The van der Waals surface area contributed by atoms with Crippen molar-refractivity contribution in [2.75, 3.05) is 0 Å². The molecule has 144 valence electrons. The Kier molecular flexibility index (Phi) is 4.32. The largest absolute Gasteiger partial charge is 0.477 e. The SMILES string of the molecule is Cc1cc2c(cc1Oc1c(Cl)cc([N+](=O)[O-])cc1Cl)C1(CCC1)C(C(=O)O)=N2. The summed E-state index contributed by atoms with van der Waals surface area (Å²) in [6, 6.07) is 5.89. The van der Waals surface area contributed by atoms with Gasteiger partial charge < -0.3 is 9.84 Å². The zero-order valence-electron chi connectivity index (χ0n) is 14.7. The van der Waals surface area contributed by atoms with Gasteiger partial charge in [0.25, 0.3) is 5.69 Å². The highest BCUT2D eigenvalue weighted by Crippen LogP contribution is 2.54. The fourth-order valence-electron chi connectivity index (χ4n) is 3.76. The number of rotatable bonds is 4. The highest BCUT2D eigenvalue weighted by atomic mass is 35.5. The summed E-state index contributed by atoms with van der Waals surface area (Å²) in [6.07, 6.45) is 2.36. The monoisotopic (exact) mass is 420 g/mol. The van der Waals surface area contributed by atoms with Crippen LogP contribution in [0.2, 0.25) is 10.0 Å². The maximum absolute atomic E-state index is 11.7. The number of ether oxygens (including phenoxy) is 1. The topological polar surface area (TPSA) is 102 Å². The Morgan fingerprint density at radius 3 is 2.39 bits per heavy atom. The molecule has 1 spiro atoms. The number of aliphatic carboxylic acids is 1. The number of nitrogens with zero attached hydrogens (tertiary/aromatic N) is 2. The van der Waals surface area contributed by atoms with E-state index in [1.54, 1.807) is 19.1 Å². The van der Waals surface area contributed by atoms with E-state index in [2.05, 4.69) is 4.99 Å². The molecular weight excluding hydrogens is 407 g/mol. The maximum atomic E-state index is 11.7. The molecule has 0 aromatic heterocycles. The lowest BCUT2D eigenvalue weighted by Gasteiger charge is -2.39. The van der Waals surface area contributed by atoms with E-state index in [-0.39, 0.29) is 27.2 Å². The minimum atomic E-state index is -1.02. The molecule has 28 heavy (non-hydrogen) atoms. The minimum Gasteiger partial charge on any atom is -0.477 e. The van der Waals surface area contributed by atoms with E-state index in [0.717, 1.165) is 12.0 Å². The molecule has 0 bridgehead atoms. The number of nitro groups is 1. The van der Waals surface area contributed by atoms with Crippen LogP contribution in [0.25, 0.3) is 0 Å². The van der Waals surface area contributed by atoms with Gasteiger partial charge in [-0.1, -0.05) is 29.6 Å². The average molecular weight is 421 g/mol. The third-order valence-corrected chi connectivity index (χ3v) is 5.87. The van der Waals surface area contributed by atoms with Crippen molar-refractivity contribution in [3.8, 4) is 11.5 Å². The van der Waals surface area contributed by atoms with Gasteiger partial charge in [0, 0.05) is 17.5 Å². The summed E-state index contributed by atoms with van der Waals surface area (Å²) in [5.74, 6) is -0.459. The number of non-ortho nitro benzene ring substituents is 1. The molecule has 2 aliphatic rings. The zero-order valence-corrected chi connectivity index (χ0v) is 16.2. The lowest BCUT2D eigenvalue weighted by molar-refractivity contribution is -0.384. The Balaban J connectivity index is 1.76. The Hall–Kier alpha value is -2.64. The van der Waals surface area contributed by atoms with Gasteiger partial charge in [-0.15, -0.1) is 0 Å². The molecule has 1 aliphatic heterocycles. The van der Waals surface area contributed by atoms with Gasteiger partial charge in [0.1, 0.15) is 11.5 Å².